The number of carbonyl (C=O) groups is 1. The fourth-order valence-corrected chi connectivity index (χ4v) is 2.76. The van der Waals surface area contributed by atoms with Crippen LogP contribution in [0.3, 0.4) is 0 Å². The molecule has 7 nitrogen and oxygen atoms in total. The summed E-state index contributed by atoms with van der Waals surface area (Å²) in [6.07, 6.45) is 4.92. The van der Waals surface area contributed by atoms with Gasteiger partial charge in [-0.2, -0.15) is 5.10 Å². The van der Waals surface area contributed by atoms with E-state index in [1.165, 1.54) is 0 Å². The topological polar surface area (TPSA) is 106 Å². The lowest BCUT2D eigenvalue weighted by molar-refractivity contribution is 0.0936. The van der Waals surface area contributed by atoms with E-state index in [4.69, 9.17) is 10.9 Å². The Kier molecular flexibility index (Phi) is 3.54. The zero-order valence-electron chi connectivity index (χ0n) is 12.2. The van der Waals surface area contributed by atoms with Crippen LogP contribution in [0.25, 0.3) is 0 Å². The van der Waals surface area contributed by atoms with Gasteiger partial charge in [0.25, 0.3) is 5.91 Å². The van der Waals surface area contributed by atoms with Crippen molar-refractivity contribution in [3.05, 3.63) is 52.8 Å². The average Bonchev–Trinajstić information content (AvgIpc) is 3.12. The molecule has 4 N–H and O–H groups in total. The van der Waals surface area contributed by atoms with Gasteiger partial charge in [-0.15, -0.1) is 0 Å². The monoisotopic (exact) mass is 299 g/mol. The zero-order valence-corrected chi connectivity index (χ0v) is 12.2. The van der Waals surface area contributed by atoms with Crippen molar-refractivity contribution in [2.75, 3.05) is 0 Å². The molecule has 0 unspecified atom stereocenters. The second-order valence-electron chi connectivity index (χ2n) is 5.37. The number of hydrogen-bond donors (Lipinski definition) is 3. The number of nitrogens with zero attached hydrogens (tertiary/aromatic N) is 3. The summed E-state index contributed by atoms with van der Waals surface area (Å²) in [4.78, 5) is 12.2. The fourth-order valence-electron chi connectivity index (χ4n) is 2.76. The first-order valence-corrected chi connectivity index (χ1v) is 6.98. The van der Waals surface area contributed by atoms with Crippen LogP contribution in [0.4, 0.5) is 0 Å². The molecule has 1 heterocycles. The largest absolute Gasteiger partial charge is 0.409 e. The van der Waals surface area contributed by atoms with Crippen LogP contribution < -0.4 is 11.1 Å². The number of hydrogen-bond acceptors (Lipinski definition) is 4. The SMILES string of the molecule is Cn1cc(C(=O)N[C@@H]2CCc3cc(/C(N)=N/O)ccc32)cn1. The van der Waals surface area contributed by atoms with E-state index >= 15 is 0 Å². The van der Waals surface area contributed by atoms with Crippen molar-refractivity contribution >= 4 is 11.7 Å². The predicted octanol–water partition coefficient (Wildman–Crippen LogP) is 0.932. The Morgan fingerprint density at radius 2 is 2.32 bits per heavy atom. The molecule has 0 bridgehead atoms. The van der Waals surface area contributed by atoms with Crippen molar-refractivity contribution < 1.29 is 10.0 Å². The van der Waals surface area contributed by atoms with Gasteiger partial charge in [-0.3, -0.25) is 9.48 Å². The molecule has 1 aliphatic carbocycles. The Morgan fingerprint density at radius 1 is 1.50 bits per heavy atom. The van der Waals surface area contributed by atoms with Crippen LogP contribution in [0.5, 0.6) is 0 Å². The number of amidine groups is 1. The standard InChI is InChI=1S/C15H17N5O2/c1-20-8-11(7-17-20)15(21)18-13-5-3-9-6-10(14(16)19-22)2-4-12(9)13/h2,4,6-8,13,22H,3,5H2,1H3,(H2,16,19)(H,18,21)/t13-/m1/s1. The average molecular weight is 299 g/mol. The number of carbonyl (C=O) groups excluding carboxylic acids is 1. The van der Waals surface area contributed by atoms with Crippen LogP contribution in [0.2, 0.25) is 0 Å². The molecule has 2 aromatic rings. The molecule has 1 atom stereocenters. The highest BCUT2D eigenvalue weighted by Crippen LogP contribution is 2.32. The lowest BCUT2D eigenvalue weighted by atomic mass is 10.0. The highest BCUT2D eigenvalue weighted by Gasteiger charge is 2.25. The van der Waals surface area contributed by atoms with E-state index in [0.717, 1.165) is 24.0 Å². The van der Waals surface area contributed by atoms with Gasteiger partial charge in [0, 0.05) is 18.8 Å². The van der Waals surface area contributed by atoms with Crippen molar-refractivity contribution in [2.45, 2.75) is 18.9 Å². The summed E-state index contributed by atoms with van der Waals surface area (Å²) >= 11 is 0. The minimum atomic E-state index is -0.133. The molecular formula is C15H17N5O2. The Morgan fingerprint density at radius 3 is 3.00 bits per heavy atom. The Labute approximate surface area is 127 Å². The maximum atomic E-state index is 12.2. The summed E-state index contributed by atoms with van der Waals surface area (Å²) in [7, 11) is 1.77. The van der Waals surface area contributed by atoms with Gasteiger partial charge >= 0.3 is 0 Å². The van der Waals surface area contributed by atoms with Crippen molar-refractivity contribution in [3.8, 4) is 0 Å². The maximum Gasteiger partial charge on any atom is 0.254 e. The van der Waals surface area contributed by atoms with Gasteiger partial charge in [-0.25, -0.2) is 0 Å². The molecule has 1 aromatic heterocycles. The number of nitrogens with two attached hydrogens (primary N) is 1. The van der Waals surface area contributed by atoms with E-state index in [0.29, 0.717) is 11.1 Å². The predicted molar refractivity (Wildman–Crippen MR) is 80.7 cm³/mol. The molecule has 114 valence electrons. The van der Waals surface area contributed by atoms with Crippen LogP contribution in [0.15, 0.2) is 35.7 Å². The number of amides is 1. The summed E-state index contributed by atoms with van der Waals surface area (Å²) < 4.78 is 1.60. The molecule has 0 saturated carbocycles. The quantitative estimate of drug-likeness (QED) is 0.339. The highest BCUT2D eigenvalue weighted by atomic mass is 16.4. The Hall–Kier alpha value is -2.83. The number of nitrogens with one attached hydrogen (secondary N) is 1. The molecule has 7 heteroatoms. The lowest BCUT2D eigenvalue weighted by Gasteiger charge is -2.13. The van der Waals surface area contributed by atoms with Gasteiger partial charge in [-0.05, 0) is 30.0 Å². The first-order valence-electron chi connectivity index (χ1n) is 6.98. The number of benzene rings is 1. The first kappa shape index (κ1) is 14.1. The third-order valence-electron chi connectivity index (χ3n) is 3.90. The normalized spacial score (nSPS) is 17.3. The lowest BCUT2D eigenvalue weighted by Crippen LogP contribution is -2.26. The maximum absolute atomic E-state index is 12.2. The van der Waals surface area contributed by atoms with Crippen LogP contribution in [-0.4, -0.2) is 26.7 Å². The Bertz CT molecular complexity index is 750. The van der Waals surface area contributed by atoms with Crippen LogP contribution >= 0.6 is 0 Å². The second-order valence-corrected chi connectivity index (χ2v) is 5.37. The van der Waals surface area contributed by atoms with Crippen LogP contribution in [0.1, 0.15) is 39.5 Å². The van der Waals surface area contributed by atoms with Gasteiger partial charge in [-0.1, -0.05) is 17.3 Å². The number of aryl methyl sites for hydroxylation is 2. The number of rotatable bonds is 3. The zero-order chi connectivity index (χ0) is 15.7. The van der Waals surface area contributed by atoms with E-state index in [1.54, 1.807) is 30.2 Å². The molecule has 0 saturated heterocycles. The molecule has 1 aliphatic rings. The molecule has 22 heavy (non-hydrogen) atoms. The minimum absolute atomic E-state index is 0.0240. The van der Waals surface area contributed by atoms with E-state index in [-0.39, 0.29) is 17.8 Å². The molecule has 1 aromatic carbocycles. The number of aromatic nitrogens is 2. The van der Waals surface area contributed by atoms with Crippen molar-refractivity contribution in [2.24, 2.45) is 17.9 Å². The van der Waals surface area contributed by atoms with E-state index in [2.05, 4.69) is 15.6 Å². The van der Waals surface area contributed by atoms with Crippen LogP contribution in [0, 0.1) is 0 Å². The van der Waals surface area contributed by atoms with E-state index < -0.39 is 0 Å². The Balaban J connectivity index is 1.78. The first-order chi connectivity index (χ1) is 10.6. The molecule has 0 fully saturated rings. The summed E-state index contributed by atoms with van der Waals surface area (Å²) in [6, 6.07) is 5.59. The van der Waals surface area contributed by atoms with Crippen LogP contribution in [-0.2, 0) is 13.5 Å². The smallest absolute Gasteiger partial charge is 0.254 e. The molecule has 0 radical (unpaired) electrons. The summed E-state index contributed by atoms with van der Waals surface area (Å²) in [6.45, 7) is 0. The van der Waals surface area contributed by atoms with Crippen molar-refractivity contribution in [1.82, 2.24) is 15.1 Å². The molecular weight excluding hydrogens is 282 g/mol. The van der Waals surface area contributed by atoms with Gasteiger partial charge in [0.2, 0.25) is 0 Å². The molecule has 1 amide bonds. The van der Waals surface area contributed by atoms with Crippen molar-refractivity contribution in [1.29, 1.82) is 0 Å². The highest BCUT2D eigenvalue weighted by molar-refractivity contribution is 5.97. The minimum Gasteiger partial charge on any atom is -0.409 e. The van der Waals surface area contributed by atoms with E-state index in [1.807, 2.05) is 12.1 Å². The molecule has 3 rings (SSSR count). The number of fused-ring (bicyclic) bond motifs is 1. The summed E-state index contributed by atoms with van der Waals surface area (Å²) in [5, 5.41) is 18.8. The summed E-state index contributed by atoms with van der Waals surface area (Å²) in [5.41, 5.74) is 9.02. The third-order valence-corrected chi connectivity index (χ3v) is 3.90. The van der Waals surface area contributed by atoms with Gasteiger partial charge < -0.3 is 16.3 Å². The van der Waals surface area contributed by atoms with Crippen molar-refractivity contribution in [3.63, 3.8) is 0 Å². The third kappa shape index (κ3) is 2.52. The van der Waals surface area contributed by atoms with Gasteiger partial charge in [0.1, 0.15) is 0 Å². The van der Waals surface area contributed by atoms with E-state index in [9.17, 15) is 4.79 Å². The molecule has 0 aliphatic heterocycles. The second kappa shape index (κ2) is 5.51. The summed E-state index contributed by atoms with van der Waals surface area (Å²) in [5.74, 6) is -0.0443. The van der Waals surface area contributed by atoms with Gasteiger partial charge in [0.05, 0.1) is 17.8 Å². The molecule has 0 spiro atoms. The number of oxime groups is 1. The van der Waals surface area contributed by atoms with Gasteiger partial charge in [0.15, 0.2) is 5.84 Å². The fraction of sp³-hybridized carbons (Fsp3) is 0.267.